The molecule has 8 nitrogen and oxygen atoms in total. The maximum absolute atomic E-state index is 13.3. The summed E-state index contributed by atoms with van der Waals surface area (Å²) < 4.78 is 14.9. The number of thiazole rings is 1. The number of thioether (sulfide) groups is 2. The van der Waals surface area contributed by atoms with Crippen LogP contribution in [0.3, 0.4) is 0 Å². The number of carbonyl (C=O) groups excluding carboxylic acids is 2. The Hall–Kier alpha value is -3.74. The molecule has 12 heteroatoms. The van der Waals surface area contributed by atoms with Gasteiger partial charge in [-0.1, -0.05) is 59.9 Å². The van der Waals surface area contributed by atoms with Gasteiger partial charge in [0.1, 0.15) is 5.82 Å². The van der Waals surface area contributed by atoms with Crippen molar-refractivity contribution in [3.8, 4) is 11.4 Å². The Kier molecular flexibility index (Phi) is 7.78. The number of anilines is 2. The van der Waals surface area contributed by atoms with Crippen molar-refractivity contribution in [2.75, 3.05) is 22.1 Å². The van der Waals surface area contributed by atoms with Crippen molar-refractivity contribution >= 4 is 68.3 Å². The zero-order chi connectivity index (χ0) is 25.6. The van der Waals surface area contributed by atoms with Crippen LogP contribution < -0.4 is 10.6 Å². The van der Waals surface area contributed by atoms with Gasteiger partial charge in [0.05, 0.1) is 21.7 Å². The van der Waals surface area contributed by atoms with Gasteiger partial charge in [0.25, 0.3) is 0 Å². The van der Waals surface area contributed by atoms with Gasteiger partial charge in [0, 0.05) is 16.9 Å². The molecule has 0 aliphatic carbocycles. The fraction of sp³-hybridized carbons (Fsp3) is 0.0800. The quantitative estimate of drug-likeness (QED) is 0.202. The van der Waals surface area contributed by atoms with Crippen molar-refractivity contribution in [2.45, 2.75) is 9.50 Å². The Labute approximate surface area is 223 Å². The third kappa shape index (κ3) is 6.73. The molecule has 2 aromatic heterocycles. The van der Waals surface area contributed by atoms with E-state index in [0.717, 1.165) is 20.1 Å². The highest BCUT2D eigenvalue weighted by Crippen LogP contribution is 2.31. The van der Waals surface area contributed by atoms with Crippen LogP contribution in [-0.4, -0.2) is 43.5 Å². The van der Waals surface area contributed by atoms with Crippen molar-refractivity contribution in [2.24, 2.45) is 0 Å². The number of fused-ring (bicyclic) bond motifs is 1. The molecule has 5 rings (SSSR count). The van der Waals surface area contributed by atoms with Crippen LogP contribution in [0.1, 0.15) is 0 Å². The van der Waals surface area contributed by atoms with Crippen LogP contribution in [0.15, 0.2) is 82.3 Å². The maximum Gasteiger partial charge on any atom is 0.234 e. The number of hydrogen-bond donors (Lipinski definition) is 3. The fourth-order valence-electron chi connectivity index (χ4n) is 3.30. The molecule has 2 amide bonds. The molecule has 37 heavy (non-hydrogen) atoms. The topological polar surface area (TPSA) is 113 Å². The minimum Gasteiger partial charge on any atom is -0.325 e. The molecule has 0 aliphatic rings. The summed E-state index contributed by atoms with van der Waals surface area (Å²) in [5.74, 6) is 0.122. The van der Waals surface area contributed by atoms with E-state index in [4.69, 9.17) is 0 Å². The minimum absolute atomic E-state index is 0.143. The van der Waals surface area contributed by atoms with Crippen LogP contribution in [-0.2, 0) is 9.59 Å². The van der Waals surface area contributed by atoms with Gasteiger partial charge in [-0.2, -0.15) is 0 Å². The number of aromatic nitrogens is 4. The minimum atomic E-state index is -0.409. The smallest absolute Gasteiger partial charge is 0.234 e. The largest absolute Gasteiger partial charge is 0.325 e. The van der Waals surface area contributed by atoms with Crippen LogP contribution >= 0.6 is 34.9 Å². The first-order chi connectivity index (χ1) is 18.0. The summed E-state index contributed by atoms with van der Waals surface area (Å²) >= 11 is 3.97. The molecule has 0 radical (unpaired) electrons. The number of hydrogen-bond acceptors (Lipinski definition) is 8. The summed E-state index contributed by atoms with van der Waals surface area (Å²) in [6.07, 6.45) is 0. The highest BCUT2D eigenvalue weighted by Gasteiger charge is 2.12. The Morgan fingerprint density at radius 1 is 0.865 bits per heavy atom. The van der Waals surface area contributed by atoms with Gasteiger partial charge in [0.15, 0.2) is 10.2 Å². The molecule has 3 aromatic carbocycles. The number of rotatable bonds is 9. The molecule has 2 heterocycles. The summed E-state index contributed by atoms with van der Waals surface area (Å²) in [6, 6.07) is 20.9. The normalized spacial score (nSPS) is 10.9. The summed E-state index contributed by atoms with van der Waals surface area (Å²) in [7, 11) is 0. The van der Waals surface area contributed by atoms with Gasteiger partial charge in [-0.15, -0.1) is 16.4 Å². The van der Waals surface area contributed by atoms with Crippen LogP contribution in [0.4, 0.5) is 15.8 Å². The number of amides is 2. The molecule has 0 aliphatic heterocycles. The fourth-order valence-corrected chi connectivity index (χ4v) is 5.80. The van der Waals surface area contributed by atoms with E-state index in [1.165, 1.54) is 53.1 Å². The van der Waals surface area contributed by atoms with E-state index in [1.54, 1.807) is 12.1 Å². The van der Waals surface area contributed by atoms with Gasteiger partial charge < -0.3 is 10.6 Å². The monoisotopic (exact) mass is 550 g/mol. The molecular weight excluding hydrogens is 532 g/mol. The lowest BCUT2D eigenvalue weighted by molar-refractivity contribution is -0.114. The van der Waals surface area contributed by atoms with E-state index in [9.17, 15) is 14.0 Å². The number of nitrogens with zero attached hydrogens (tertiary/aromatic N) is 3. The number of carbonyl (C=O) groups is 2. The maximum atomic E-state index is 13.3. The van der Waals surface area contributed by atoms with Gasteiger partial charge >= 0.3 is 0 Å². The van der Waals surface area contributed by atoms with Crippen molar-refractivity contribution in [3.05, 3.63) is 78.6 Å². The van der Waals surface area contributed by atoms with E-state index >= 15 is 0 Å². The van der Waals surface area contributed by atoms with E-state index in [1.807, 2.05) is 42.5 Å². The molecule has 0 saturated carbocycles. The number of nitrogens with one attached hydrogen (secondary N) is 3. The van der Waals surface area contributed by atoms with Crippen LogP contribution in [0, 0.1) is 5.82 Å². The van der Waals surface area contributed by atoms with Crippen LogP contribution in [0.5, 0.6) is 0 Å². The zero-order valence-electron chi connectivity index (χ0n) is 19.1. The molecule has 0 spiro atoms. The molecular formula is C25H19FN6O2S3. The molecule has 5 aromatic rings. The van der Waals surface area contributed by atoms with Crippen molar-refractivity contribution < 1.29 is 14.0 Å². The molecule has 0 unspecified atom stereocenters. The second-order valence-corrected chi connectivity index (χ2v) is 10.9. The summed E-state index contributed by atoms with van der Waals surface area (Å²) in [5, 5.41) is 13.1. The van der Waals surface area contributed by atoms with Gasteiger partial charge in [0.2, 0.25) is 17.0 Å². The van der Waals surface area contributed by atoms with E-state index in [-0.39, 0.29) is 23.3 Å². The first-order valence-electron chi connectivity index (χ1n) is 11.0. The van der Waals surface area contributed by atoms with E-state index in [0.29, 0.717) is 22.4 Å². The predicted molar refractivity (Wildman–Crippen MR) is 147 cm³/mol. The van der Waals surface area contributed by atoms with Crippen LogP contribution in [0.25, 0.3) is 21.6 Å². The summed E-state index contributed by atoms with van der Waals surface area (Å²) in [6.45, 7) is 0. The zero-order valence-corrected chi connectivity index (χ0v) is 21.6. The average Bonchev–Trinajstić information content (AvgIpc) is 3.53. The summed E-state index contributed by atoms with van der Waals surface area (Å²) in [5.41, 5.74) is 2.77. The molecule has 0 bridgehead atoms. The van der Waals surface area contributed by atoms with E-state index < -0.39 is 5.82 Å². The second-order valence-electron chi connectivity index (χ2n) is 7.68. The molecule has 0 atom stereocenters. The lowest BCUT2D eigenvalue weighted by Gasteiger charge is -2.03. The number of benzene rings is 3. The SMILES string of the molecule is O=C(CSc1n[nH]c(-c2ccccc2)n1)Nc1ccc2nc(SCC(=O)Nc3cccc(F)c3)sc2c1. The first-order valence-corrected chi connectivity index (χ1v) is 13.8. The Bertz CT molecular complexity index is 1560. The number of aromatic amines is 1. The van der Waals surface area contributed by atoms with Crippen molar-refractivity contribution in [1.29, 1.82) is 0 Å². The van der Waals surface area contributed by atoms with Gasteiger partial charge in [-0.25, -0.2) is 14.4 Å². The second kappa shape index (κ2) is 11.5. The average molecular weight is 551 g/mol. The van der Waals surface area contributed by atoms with Gasteiger partial charge in [-0.3, -0.25) is 14.7 Å². The predicted octanol–water partition coefficient (Wildman–Crippen LogP) is 5.68. The Morgan fingerprint density at radius 3 is 2.41 bits per heavy atom. The third-order valence-electron chi connectivity index (χ3n) is 4.93. The van der Waals surface area contributed by atoms with Crippen molar-refractivity contribution in [3.63, 3.8) is 0 Å². The van der Waals surface area contributed by atoms with Gasteiger partial charge in [-0.05, 0) is 36.4 Å². The highest BCUT2D eigenvalue weighted by atomic mass is 32.2. The highest BCUT2D eigenvalue weighted by molar-refractivity contribution is 8.01. The Morgan fingerprint density at radius 2 is 1.62 bits per heavy atom. The molecule has 186 valence electrons. The number of halogens is 1. The van der Waals surface area contributed by atoms with E-state index in [2.05, 4.69) is 30.8 Å². The number of H-pyrrole nitrogens is 1. The van der Waals surface area contributed by atoms with Crippen molar-refractivity contribution in [1.82, 2.24) is 20.2 Å². The molecule has 0 fully saturated rings. The molecule has 0 saturated heterocycles. The first kappa shape index (κ1) is 24.9. The Balaban J connectivity index is 1.13. The molecule has 3 N–H and O–H groups in total. The summed E-state index contributed by atoms with van der Waals surface area (Å²) in [4.78, 5) is 33.6. The lowest BCUT2D eigenvalue weighted by atomic mass is 10.2. The lowest BCUT2D eigenvalue weighted by Crippen LogP contribution is -2.14. The third-order valence-corrected chi connectivity index (χ3v) is 7.94. The standard InChI is InChI=1S/C25H19FN6O2S3/c26-16-7-4-8-17(11-16)27-22(34)14-36-25-29-19-10-9-18(12-20(19)37-25)28-21(33)13-35-24-30-23(31-32-24)15-5-2-1-3-6-15/h1-12H,13-14H2,(H,27,34)(H,28,33)(H,30,31,32). The van der Waals surface area contributed by atoms with Crippen LogP contribution in [0.2, 0.25) is 0 Å².